The van der Waals surface area contributed by atoms with Gasteiger partial charge >= 0.3 is 0 Å². The molecule has 0 aromatic heterocycles. The van der Waals surface area contributed by atoms with Gasteiger partial charge in [0.1, 0.15) is 6.10 Å². The lowest BCUT2D eigenvalue weighted by Gasteiger charge is -2.07. The number of ether oxygens (including phenoxy) is 1. The Balaban J connectivity index is 2.17. The molecule has 0 radical (unpaired) electrons. The quantitative estimate of drug-likeness (QED) is 0.633. The molecule has 1 aromatic carbocycles. The fraction of sp³-hybridized carbons (Fsp3) is 0.300. The Bertz CT molecular complexity index is 312. The molecule has 1 aromatic rings. The molecule has 0 amide bonds. The van der Waals surface area contributed by atoms with Crippen molar-refractivity contribution >= 4 is 17.4 Å². The molecule has 1 heterocycles. The maximum Gasteiger partial charge on any atom is 0.259 e. The molecule has 0 bridgehead atoms. The van der Waals surface area contributed by atoms with Crippen molar-refractivity contribution in [3.8, 4) is 0 Å². The number of likely N-dealkylation sites (N-methyl/N-ethyl adjacent to an activating group) is 1. The van der Waals surface area contributed by atoms with Crippen molar-refractivity contribution in [3.05, 3.63) is 35.9 Å². The third-order valence-corrected chi connectivity index (χ3v) is 2.57. The van der Waals surface area contributed by atoms with Gasteiger partial charge in [0.05, 0.1) is 6.54 Å². The molecule has 1 aliphatic heterocycles. The molecule has 1 saturated heterocycles. The average Bonchev–Trinajstić information content (AvgIpc) is 2.49. The first-order chi connectivity index (χ1) is 6.27. The summed E-state index contributed by atoms with van der Waals surface area (Å²) in [5.41, 5.74) is 1.19. The van der Waals surface area contributed by atoms with E-state index in [1.165, 1.54) is 5.56 Å². The van der Waals surface area contributed by atoms with Gasteiger partial charge in [-0.2, -0.15) is 0 Å². The van der Waals surface area contributed by atoms with Crippen LogP contribution in [0.4, 0.5) is 0 Å². The second kappa shape index (κ2) is 3.34. The van der Waals surface area contributed by atoms with Crippen molar-refractivity contribution in [2.75, 3.05) is 13.6 Å². The normalized spacial score (nSPS) is 21.8. The van der Waals surface area contributed by atoms with Crippen LogP contribution in [-0.4, -0.2) is 23.7 Å². The van der Waals surface area contributed by atoms with Gasteiger partial charge in [-0.25, -0.2) is 0 Å². The zero-order valence-electron chi connectivity index (χ0n) is 7.43. The lowest BCUT2D eigenvalue weighted by atomic mass is 10.1. The molecule has 0 N–H and O–H groups in total. The van der Waals surface area contributed by atoms with Gasteiger partial charge in [-0.3, -0.25) is 0 Å². The summed E-state index contributed by atoms with van der Waals surface area (Å²) in [6, 6.07) is 10.2. The summed E-state index contributed by atoms with van der Waals surface area (Å²) in [6.45, 7) is 0.850. The number of hydrogen-bond acceptors (Lipinski definition) is 2. The molecule has 0 spiro atoms. The van der Waals surface area contributed by atoms with E-state index in [-0.39, 0.29) is 6.10 Å². The Morgan fingerprint density at radius 3 is 2.62 bits per heavy atom. The van der Waals surface area contributed by atoms with Crippen molar-refractivity contribution in [1.29, 1.82) is 0 Å². The minimum Gasteiger partial charge on any atom is -0.461 e. The van der Waals surface area contributed by atoms with Crippen LogP contribution in [0.25, 0.3) is 0 Å². The first-order valence-corrected chi connectivity index (χ1v) is 4.65. The fourth-order valence-corrected chi connectivity index (χ4v) is 1.60. The summed E-state index contributed by atoms with van der Waals surface area (Å²) in [6.07, 6.45) is 0.110. The van der Waals surface area contributed by atoms with Gasteiger partial charge in [-0.15, -0.1) is 0 Å². The predicted molar refractivity (Wildman–Crippen MR) is 55.5 cm³/mol. The van der Waals surface area contributed by atoms with Crippen LogP contribution in [0.2, 0.25) is 0 Å². The number of hydrogen-bond donors (Lipinski definition) is 0. The molecule has 0 unspecified atom stereocenters. The van der Waals surface area contributed by atoms with E-state index < -0.39 is 0 Å². The van der Waals surface area contributed by atoms with E-state index in [2.05, 4.69) is 12.1 Å². The third kappa shape index (κ3) is 1.65. The van der Waals surface area contributed by atoms with Gasteiger partial charge in [0.25, 0.3) is 5.17 Å². The van der Waals surface area contributed by atoms with Crippen LogP contribution < -0.4 is 0 Å². The van der Waals surface area contributed by atoms with E-state index in [0.717, 1.165) is 6.54 Å². The SMILES string of the molecule is CN1C[C@@H](c2ccccc2)OC1=S. The molecular weight excluding hydrogens is 182 g/mol. The Hall–Kier alpha value is -1.09. The Kier molecular flexibility index (Phi) is 2.19. The second-order valence-corrected chi connectivity index (χ2v) is 3.51. The van der Waals surface area contributed by atoms with E-state index in [4.69, 9.17) is 17.0 Å². The first-order valence-electron chi connectivity index (χ1n) is 4.24. The summed E-state index contributed by atoms with van der Waals surface area (Å²) >= 11 is 5.02. The summed E-state index contributed by atoms with van der Waals surface area (Å²) in [7, 11) is 1.95. The topological polar surface area (TPSA) is 12.5 Å². The Morgan fingerprint density at radius 2 is 2.08 bits per heavy atom. The second-order valence-electron chi connectivity index (χ2n) is 3.16. The molecular formula is C10H11NOS. The van der Waals surface area contributed by atoms with Crippen LogP contribution in [0.15, 0.2) is 30.3 Å². The lowest BCUT2D eigenvalue weighted by Crippen LogP contribution is -2.17. The number of thiocarbonyl (C=S) groups is 1. The monoisotopic (exact) mass is 193 g/mol. The van der Waals surface area contributed by atoms with Crippen LogP contribution in [0.5, 0.6) is 0 Å². The zero-order chi connectivity index (χ0) is 9.26. The minimum absolute atomic E-state index is 0.110. The highest BCUT2D eigenvalue weighted by molar-refractivity contribution is 7.80. The zero-order valence-corrected chi connectivity index (χ0v) is 8.25. The molecule has 68 valence electrons. The largest absolute Gasteiger partial charge is 0.461 e. The van der Waals surface area contributed by atoms with Crippen LogP contribution in [0.1, 0.15) is 11.7 Å². The summed E-state index contributed by atoms with van der Waals surface area (Å²) in [5.74, 6) is 0. The number of nitrogens with zero attached hydrogens (tertiary/aromatic N) is 1. The highest BCUT2D eigenvalue weighted by Crippen LogP contribution is 2.24. The highest BCUT2D eigenvalue weighted by atomic mass is 32.1. The minimum atomic E-state index is 0.110. The molecule has 2 rings (SSSR count). The van der Waals surface area contributed by atoms with Crippen molar-refractivity contribution < 1.29 is 4.74 Å². The van der Waals surface area contributed by atoms with Crippen molar-refractivity contribution in [3.63, 3.8) is 0 Å². The molecule has 13 heavy (non-hydrogen) atoms. The van der Waals surface area contributed by atoms with Crippen LogP contribution >= 0.6 is 12.2 Å². The van der Waals surface area contributed by atoms with Gasteiger partial charge in [0.2, 0.25) is 0 Å². The molecule has 1 atom stereocenters. The van der Waals surface area contributed by atoms with Crippen LogP contribution in [-0.2, 0) is 4.74 Å². The van der Waals surface area contributed by atoms with Gasteiger partial charge in [-0.05, 0) is 17.8 Å². The van der Waals surface area contributed by atoms with Gasteiger partial charge in [-0.1, -0.05) is 30.3 Å². The van der Waals surface area contributed by atoms with E-state index in [0.29, 0.717) is 5.17 Å². The molecule has 2 nitrogen and oxygen atoms in total. The highest BCUT2D eigenvalue weighted by Gasteiger charge is 2.25. The Labute approximate surface area is 83.1 Å². The number of rotatable bonds is 1. The van der Waals surface area contributed by atoms with E-state index in [1.807, 2.05) is 30.1 Å². The average molecular weight is 193 g/mol. The predicted octanol–water partition coefficient (Wildman–Crippen LogP) is 1.97. The first kappa shape index (κ1) is 8.51. The third-order valence-electron chi connectivity index (χ3n) is 2.17. The summed E-state index contributed by atoms with van der Waals surface area (Å²) in [5, 5.41) is 0.592. The van der Waals surface area contributed by atoms with E-state index >= 15 is 0 Å². The molecule has 0 saturated carbocycles. The van der Waals surface area contributed by atoms with Crippen molar-refractivity contribution in [1.82, 2.24) is 4.90 Å². The van der Waals surface area contributed by atoms with Crippen LogP contribution in [0.3, 0.4) is 0 Å². The summed E-state index contributed by atoms with van der Waals surface area (Å²) < 4.78 is 5.52. The smallest absolute Gasteiger partial charge is 0.259 e. The fourth-order valence-electron chi connectivity index (χ4n) is 1.41. The van der Waals surface area contributed by atoms with Crippen molar-refractivity contribution in [2.45, 2.75) is 6.10 Å². The molecule has 0 aliphatic carbocycles. The Morgan fingerprint density at radius 1 is 1.38 bits per heavy atom. The number of benzene rings is 1. The molecule has 1 fully saturated rings. The van der Waals surface area contributed by atoms with Crippen molar-refractivity contribution in [2.24, 2.45) is 0 Å². The lowest BCUT2D eigenvalue weighted by molar-refractivity contribution is 0.240. The summed E-state index contributed by atoms with van der Waals surface area (Å²) in [4.78, 5) is 1.95. The van der Waals surface area contributed by atoms with E-state index in [9.17, 15) is 0 Å². The van der Waals surface area contributed by atoms with Gasteiger partial charge < -0.3 is 9.64 Å². The van der Waals surface area contributed by atoms with Gasteiger partial charge in [0, 0.05) is 7.05 Å². The molecule has 1 aliphatic rings. The standard InChI is InChI=1S/C10H11NOS/c1-11-7-9(12-10(11)13)8-5-3-2-4-6-8/h2-6,9H,7H2,1H3/t9-/m0/s1. The van der Waals surface area contributed by atoms with Crippen LogP contribution in [0, 0.1) is 0 Å². The maximum atomic E-state index is 5.52. The van der Waals surface area contributed by atoms with Gasteiger partial charge in [0.15, 0.2) is 0 Å². The molecule has 3 heteroatoms. The van der Waals surface area contributed by atoms with E-state index in [1.54, 1.807) is 0 Å². The maximum absolute atomic E-state index is 5.52.